The van der Waals surface area contributed by atoms with Gasteiger partial charge in [0.1, 0.15) is 0 Å². The normalized spacial score (nSPS) is 23.7. The third kappa shape index (κ3) is 2.98. The molecule has 0 aliphatic rings. The fraction of sp³-hybridized carbons (Fsp3) is 1.00. The van der Waals surface area contributed by atoms with E-state index in [2.05, 4.69) is 34.8 Å². The summed E-state index contributed by atoms with van der Waals surface area (Å²) in [4.78, 5) is -5.40. The maximum Gasteiger partial charge on any atom is 0.358 e. The third-order valence-electron chi connectivity index (χ3n) is 1.90. The zero-order valence-corrected chi connectivity index (χ0v) is 13.7. The lowest BCUT2D eigenvalue weighted by Gasteiger charge is -2.41. The molecule has 0 spiro atoms. The van der Waals surface area contributed by atoms with Crippen LogP contribution in [0.5, 0.6) is 0 Å². The van der Waals surface area contributed by atoms with Crippen molar-refractivity contribution >= 4 is 66.7 Å². The maximum absolute atomic E-state index is 13.4. The summed E-state index contributed by atoms with van der Waals surface area (Å²) >= 11 is 14.7. The number of hydrogen-bond acceptors (Lipinski definition) is 0. The fourth-order valence-electron chi connectivity index (χ4n) is 0.750. The lowest BCUT2D eigenvalue weighted by Crippen LogP contribution is -2.67. The minimum Gasteiger partial charge on any atom is -0.212 e. The monoisotopic (exact) mass is 506 g/mol. The summed E-state index contributed by atoms with van der Waals surface area (Å²) in [6.07, 6.45) is 0. The van der Waals surface area contributed by atoms with Gasteiger partial charge in [0.05, 0.1) is 0 Å². The fourth-order valence-corrected chi connectivity index (χ4v) is 2.00. The largest absolute Gasteiger partial charge is 0.358 e. The van der Waals surface area contributed by atoms with Crippen LogP contribution in [0.4, 0.5) is 39.5 Å². The molecule has 0 saturated heterocycles. The second kappa shape index (κ2) is 5.38. The zero-order chi connectivity index (χ0) is 17.0. The molecule has 0 radical (unpaired) electrons. The Labute approximate surface area is 137 Å². The quantitative estimate of drug-likeness (QED) is 0.301. The summed E-state index contributed by atoms with van der Waals surface area (Å²) in [6.45, 7) is 0. The lowest BCUT2D eigenvalue weighted by atomic mass is 10.0. The molecule has 0 bridgehead atoms. The molecule has 0 aliphatic carbocycles. The van der Waals surface area contributed by atoms with Gasteiger partial charge in [-0.1, -0.05) is 34.8 Å². The molecular formula is C6Br2Cl3F9. The van der Waals surface area contributed by atoms with Gasteiger partial charge >= 0.3 is 31.0 Å². The first-order valence-electron chi connectivity index (χ1n) is 3.90. The van der Waals surface area contributed by atoms with Gasteiger partial charge in [0.15, 0.2) is 0 Å². The maximum atomic E-state index is 13.4. The Bertz CT molecular complexity index is 337. The number of halogens is 14. The molecular weight excluding hydrogens is 509 g/mol. The highest BCUT2D eigenvalue weighted by atomic mass is 79.9. The number of alkyl halides is 14. The molecule has 14 heteroatoms. The first kappa shape index (κ1) is 21.2. The van der Waals surface area contributed by atoms with Gasteiger partial charge in [0, 0.05) is 0 Å². The Kier molecular flexibility index (Phi) is 5.70. The van der Waals surface area contributed by atoms with Gasteiger partial charge < -0.3 is 0 Å². The molecule has 0 aromatic rings. The van der Waals surface area contributed by atoms with Crippen molar-refractivity contribution in [3.8, 4) is 0 Å². The van der Waals surface area contributed by atoms with Crippen LogP contribution in [0.15, 0.2) is 0 Å². The van der Waals surface area contributed by atoms with E-state index in [4.69, 9.17) is 0 Å². The van der Waals surface area contributed by atoms with Crippen molar-refractivity contribution in [3.05, 3.63) is 0 Å². The van der Waals surface area contributed by atoms with Crippen molar-refractivity contribution < 1.29 is 39.5 Å². The van der Waals surface area contributed by atoms with Crippen LogP contribution in [0.2, 0.25) is 0 Å². The van der Waals surface area contributed by atoms with E-state index in [1.807, 2.05) is 0 Å². The molecule has 0 nitrogen and oxygen atoms in total. The molecule has 122 valence electrons. The SMILES string of the molecule is FC(F)(Br)C(F)(Cl)C(F)(F)C(F)(Cl)C(F)(F)C(F)(Cl)Br. The van der Waals surface area contributed by atoms with Crippen molar-refractivity contribution in [1.29, 1.82) is 0 Å². The van der Waals surface area contributed by atoms with Crippen LogP contribution in [0.25, 0.3) is 0 Å². The topological polar surface area (TPSA) is 0 Å². The molecule has 20 heavy (non-hydrogen) atoms. The highest BCUT2D eigenvalue weighted by Gasteiger charge is 2.86. The van der Waals surface area contributed by atoms with E-state index in [0.717, 1.165) is 15.9 Å². The molecule has 0 aromatic carbocycles. The van der Waals surface area contributed by atoms with Crippen molar-refractivity contribution in [1.82, 2.24) is 0 Å². The molecule has 0 fully saturated rings. The van der Waals surface area contributed by atoms with Gasteiger partial charge in [-0.05, 0) is 31.9 Å². The minimum absolute atomic E-state index is 1.02. The average molecular weight is 509 g/mol. The van der Waals surface area contributed by atoms with E-state index in [1.54, 1.807) is 0 Å². The molecule has 0 amide bonds. The molecule has 0 heterocycles. The Morgan fingerprint density at radius 3 is 1.05 bits per heavy atom. The Hall–Kier alpha value is 1.20. The van der Waals surface area contributed by atoms with Gasteiger partial charge in [0.25, 0.3) is 0 Å². The predicted molar refractivity (Wildman–Crippen MR) is 61.8 cm³/mol. The van der Waals surface area contributed by atoms with E-state index >= 15 is 0 Å². The Balaban J connectivity index is 6.08. The molecule has 0 rings (SSSR count). The number of hydrogen-bond donors (Lipinski definition) is 0. The lowest BCUT2D eigenvalue weighted by molar-refractivity contribution is -0.271. The van der Waals surface area contributed by atoms with Crippen LogP contribution in [0.3, 0.4) is 0 Å². The van der Waals surface area contributed by atoms with Crippen molar-refractivity contribution in [2.75, 3.05) is 0 Å². The minimum atomic E-state index is -6.49. The van der Waals surface area contributed by atoms with Gasteiger partial charge in [0.2, 0.25) is 0 Å². The summed E-state index contributed by atoms with van der Waals surface area (Å²) in [7, 11) is 0. The second-order valence-corrected chi connectivity index (χ2v) is 7.40. The van der Waals surface area contributed by atoms with Crippen LogP contribution >= 0.6 is 66.7 Å². The van der Waals surface area contributed by atoms with Crippen LogP contribution in [0, 0.1) is 0 Å². The molecule has 0 aromatic heterocycles. The smallest absolute Gasteiger partial charge is 0.212 e. The molecule has 3 atom stereocenters. The van der Waals surface area contributed by atoms with Crippen LogP contribution in [-0.4, -0.2) is 31.0 Å². The predicted octanol–water partition coefficient (Wildman–Crippen LogP) is 6.31. The average Bonchev–Trinajstić information content (AvgIpc) is 2.12. The van der Waals surface area contributed by atoms with Crippen LogP contribution in [-0.2, 0) is 0 Å². The summed E-state index contributed by atoms with van der Waals surface area (Å²) in [6, 6.07) is 0. The van der Waals surface area contributed by atoms with Crippen LogP contribution < -0.4 is 0 Å². The van der Waals surface area contributed by atoms with Crippen molar-refractivity contribution in [2.24, 2.45) is 0 Å². The van der Waals surface area contributed by atoms with E-state index in [-0.39, 0.29) is 0 Å². The van der Waals surface area contributed by atoms with Crippen molar-refractivity contribution in [3.63, 3.8) is 0 Å². The summed E-state index contributed by atoms with van der Waals surface area (Å²) in [5.41, 5.74) is 0. The summed E-state index contributed by atoms with van der Waals surface area (Å²) in [5.74, 6) is -12.6. The zero-order valence-electron chi connectivity index (χ0n) is 8.29. The van der Waals surface area contributed by atoms with Crippen LogP contribution in [0.1, 0.15) is 0 Å². The highest BCUT2D eigenvalue weighted by molar-refractivity contribution is 9.10. The van der Waals surface area contributed by atoms with E-state index in [0.29, 0.717) is 0 Å². The Morgan fingerprint density at radius 2 is 0.850 bits per heavy atom. The number of rotatable bonds is 5. The first-order valence-corrected chi connectivity index (χ1v) is 6.62. The third-order valence-corrected chi connectivity index (χ3v) is 4.35. The van der Waals surface area contributed by atoms with E-state index < -0.39 is 31.0 Å². The second-order valence-electron chi connectivity index (χ2n) is 3.29. The Morgan fingerprint density at radius 1 is 0.550 bits per heavy atom. The first-order chi connectivity index (χ1) is 8.25. The molecule has 0 N–H and O–H groups in total. The van der Waals surface area contributed by atoms with Crippen molar-refractivity contribution in [2.45, 2.75) is 31.0 Å². The molecule has 0 saturated carbocycles. The van der Waals surface area contributed by atoms with Gasteiger partial charge in [-0.3, -0.25) is 0 Å². The van der Waals surface area contributed by atoms with Gasteiger partial charge in [-0.2, -0.15) is 26.3 Å². The highest BCUT2D eigenvalue weighted by Crippen LogP contribution is 2.63. The molecule has 0 aliphatic heterocycles. The van der Waals surface area contributed by atoms with Gasteiger partial charge in [-0.15, -0.1) is 0 Å². The standard InChI is InChI=1S/C6Br2Cl3F9/c7-5(11,18)4(16,17)1(9,12)3(14,15)2(10,13)6(8,19)20. The summed E-state index contributed by atoms with van der Waals surface area (Å²) < 4.78 is 112. The summed E-state index contributed by atoms with van der Waals surface area (Å²) in [5, 5.41) is -11.8. The van der Waals surface area contributed by atoms with E-state index in [9.17, 15) is 39.5 Å². The van der Waals surface area contributed by atoms with Gasteiger partial charge in [-0.25, -0.2) is 13.2 Å². The van der Waals surface area contributed by atoms with E-state index in [1.165, 1.54) is 15.9 Å². The molecule has 3 unspecified atom stereocenters.